The smallest absolute Gasteiger partial charge is 0.0589 e. The third kappa shape index (κ3) is 7.20. The Morgan fingerprint density at radius 1 is 1.12 bits per heavy atom. The van der Waals surface area contributed by atoms with Crippen molar-refractivity contribution in [3.8, 4) is 0 Å². The van der Waals surface area contributed by atoms with Crippen LogP contribution < -0.4 is 5.32 Å². The molecule has 0 radical (unpaired) electrons. The van der Waals surface area contributed by atoms with Crippen molar-refractivity contribution < 1.29 is 4.74 Å². The summed E-state index contributed by atoms with van der Waals surface area (Å²) in [6.07, 6.45) is 2.44. The van der Waals surface area contributed by atoms with Gasteiger partial charge in [0.15, 0.2) is 0 Å². The van der Waals surface area contributed by atoms with E-state index in [0.29, 0.717) is 12.1 Å². The molecule has 0 aliphatic carbocycles. The molecular formula is C13H30N2O. The number of nitrogens with zero attached hydrogens (tertiary/aromatic N) is 1. The molecule has 1 N–H and O–H groups in total. The molecule has 3 nitrogen and oxygen atoms in total. The highest BCUT2D eigenvalue weighted by molar-refractivity contribution is 4.67. The molecule has 98 valence electrons. The van der Waals surface area contributed by atoms with E-state index < -0.39 is 0 Å². The van der Waals surface area contributed by atoms with Crippen LogP contribution >= 0.6 is 0 Å². The van der Waals surface area contributed by atoms with Crippen molar-refractivity contribution in [2.45, 2.75) is 52.6 Å². The highest BCUT2D eigenvalue weighted by atomic mass is 16.5. The fraction of sp³-hybridized carbons (Fsp3) is 1.00. The fourth-order valence-corrected chi connectivity index (χ4v) is 1.83. The number of hydrogen-bond acceptors (Lipinski definition) is 3. The predicted octanol–water partition coefficient (Wildman–Crippen LogP) is 2.12. The molecule has 0 saturated carbocycles. The number of nitrogens with one attached hydrogen (secondary N) is 1. The monoisotopic (exact) mass is 230 g/mol. The maximum absolute atomic E-state index is 5.13. The van der Waals surface area contributed by atoms with Crippen LogP contribution in [0.3, 0.4) is 0 Å². The zero-order chi connectivity index (χ0) is 12.4. The fourth-order valence-electron chi connectivity index (χ4n) is 1.83. The molecule has 0 rings (SSSR count). The minimum Gasteiger partial charge on any atom is -0.383 e. The van der Waals surface area contributed by atoms with E-state index in [9.17, 15) is 0 Å². The van der Waals surface area contributed by atoms with Crippen molar-refractivity contribution in [3.05, 3.63) is 0 Å². The minimum atomic E-state index is 0.596. The lowest BCUT2D eigenvalue weighted by atomic mass is 10.2. The van der Waals surface area contributed by atoms with Crippen LogP contribution in [0.15, 0.2) is 0 Å². The summed E-state index contributed by atoms with van der Waals surface area (Å²) in [7, 11) is 1.76. The second kappa shape index (κ2) is 10.1. The lowest BCUT2D eigenvalue weighted by Crippen LogP contribution is -2.41. The molecule has 0 unspecified atom stereocenters. The Labute approximate surface area is 102 Å². The molecule has 0 fully saturated rings. The molecule has 0 atom stereocenters. The lowest BCUT2D eigenvalue weighted by molar-refractivity contribution is 0.129. The van der Waals surface area contributed by atoms with E-state index in [4.69, 9.17) is 4.74 Å². The van der Waals surface area contributed by atoms with Gasteiger partial charge in [-0.1, -0.05) is 13.8 Å². The van der Waals surface area contributed by atoms with Gasteiger partial charge in [-0.25, -0.2) is 0 Å². The molecule has 0 aromatic rings. The van der Waals surface area contributed by atoms with Crippen molar-refractivity contribution in [1.82, 2.24) is 10.2 Å². The predicted molar refractivity (Wildman–Crippen MR) is 71.0 cm³/mol. The van der Waals surface area contributed by atoms with Crippen LogP contribution in [0.25, 0.3) is 0 Å². The third-order valence-electron chi connectivity index (χ3n) is 3.13. The van der Waals surface area contributed by atoms with Crippen molar-refractivity contribution in [2.24, 2.45) is 0 Å². The molecular weight excluding hydrogens is 200 g/mol. The number of methoxy groups -OCH3 is 1. The van der Waals surface area contributed by atoms with E-state index in [1.165, 1.54) is 12.8 Å². The third-order valence-corrected chi connectivity index (χ3v) is 3.13. The molecule has 3 heteroatoms. The summed E-state index contributed by atoms with van der Waals surface area (Å²) in [5.41, 5.74) is 0. The molecule has 0 amide bonds. The second-order valence-corrected chi connectivity index (χ2v) is 4.59. The highest BCUT2D eigenvalue weighted by Gasteiger charge is 2.09. The summed E-state index contributed by atoms with van der Waals surface area (Å²) in [5.74, 6) is 0. The van der Waals surface area contributed by atoms with Crippen molar-refractivity contribution >= 4 is 0 Å². The second-order valence-electron chi connectivity index (χ2n) is 4.59. The van der Waals surface area contributed by atoms with Crippen molar-refractivity contribution in [1.29, 1.82) is 0 Å². The van der Waals surface area contributed by atoms with E-state index in [0.717, 1.165) is 26.2 Å². The Balaban J connectivity index is 3.74. The summed E-state index contributed by atoms with van der Waals surface area (Å²) in [6, 6.07) is 1.27. The Hall–Kier alpha value is -0.120. The molecule has 0 heterocycles. The average Bonchev–Trinajstić information content (AvgIpc) is 2.28. The van der Waals surface area contributed by atoms with Gasteiger partial charge in [-0.3, -0.25) is 4.90 Å². The van der Waals surface area contributed by atoms with Gasteiger partial charge in [0.2, 0.25) is 0 Å². The van der Waals surface area contributed by atoms with Gasteiger partial charge in [0, 0.05) is 38.8 Å². The number of ether oxygens (including phenoxy) is 1. The normalized spacial score (nSPS) is 12.0. The molecule has 0 spiro atoms. The van der Waals surface area contributed by atoms with E-state index in [2.05, 4.69) is 37.9 Å². The van der Waals surface area contributed by atoms with Gasteiger partial charge in [0.05, 0.1) is 6.61 Å². The lowest BCUT2D eigenvalue weighted by Gasteiger charge is -2.27. The van der Waals surface area contributed by atoms with Crippen molar-refractivity contribution in [2.75, 3.05) is 33.4 Å². The maximum Gasteiger partial charge on any atom is 0.0589 e. The van der Waals surface area contributed by atoms with E-state index >= 15 is 0 Å². The van der Waals surface area contributed by atoms with Gasteiger partial charge in [0.1, 0.15) is 0 Å². The Morgan fingerprint density at radius 2 is 1.75 bits per heavy atom. The van der Waals surface area contributed by atoms with Gasteiger partial charge in [-0.05, 0) is 26.7 Å². The first kappa shape index (κ1) is 15.9. The maximum atomic E-state index is 5.13. The van der Waals surface area contributed by atoms with E-state index in [-0.39, 0.29) is 0 Å². The standard InChI is InChI=1S/C13H30N2O/c1-6-13(7-2)14-8-9-15(12(3)4)10-11-16-5/h12-14H,6-11H2,1-5H3. The van der Waals surface area contributed by atoms with Crippen LogP contribution in [0.1, 0.15) is 40.5 Å². The summed E-state index contributed by atoms with van der Waals surface area (Å²) >= 11 is 0. The summed E-state index contributed by atoms with van der Waals surface area (Å²) < 4.78 is 5.13. The van der Waals surface area contributed by atoms with Crippen molar-refractivity contribution in [3.63, 3.8) is 0 Å². The van der Waals surface area contributed by atoms with Crippen LogP contribution in [-0.2, 0) is 4.74 Å². The number of rotatable bonds is 10. The van der Waals surface area contributed by atoms with Crippen LogP contribution in [-0.4, -0.2) is 50.3 Å². The highest BCUT2D eigenvalue weighted by Crippen LogP contribution is 1.99. The minimum absolute atomic E-state index is 0.596. The van der Waals surface area contributed by atoms with Gasteiger partial charge in [0.25, 0.3) is 0 Å². The Morgan fingerprint density at radius 3 is 2.19 bits per heavy atom. The molecule has 0 aromatic carbocycles. The zero-order valence-corrected chi connectivity index (χ0v) is 11.8. The molecule has 0 aliphatic rings. The Bertz CT molecular complexity index is 147. The van der Waals surface area contributed by atoms with Crippen LogP contribution in [0.4, 0.5) is 0 Å². The summed E-state index contributed by atoms with van der Waals surface area (Å²) in [6.45, 7) is 13.0. The average molecular weight is 230 g/mol. The van der Waals surface area contributed by atoms with Gasteiger partial charge >= 0.3 is 0 Å². The largest absolute Gasteiger partial charge is 0.383 e. The molecule has 0 aromatic heterocycles. The van der Waals surface area contributed by atoms with Gasteiger partial charge in [-0.15, -0.1) is 0 Å². The summed E-state index contributed by atoms with van der Waals surface area (Å²) in [4.78, 5) is 2.46. The first-order chi connectivity index (χ1) is 7.65. The van der Waals surface area contributed by atoms with Crippen LogP contribution in [0.5, 0.6) is 0 Å². The molecule has 0 saturated heterocycles. The zero-order valence-electron chi connectivity index (χ0n) is 11.8. The van der Waals surface area contributed by atoms with E-state index in [1.807, 2.05) is 0 Å². The Kier molecular flexibility index (Phi) is 9.99. The quantitative estimate of drug-likeness (QED) is 0.622. The van der Waals surface area contributed by atoms with Gasteiger partial charge < -0.3 is 10.1 Å². The molecule has 0 aliphatic heterocycles. The van der Waals surface area contributed by atoms with Crippen LogP contribution in [0.2, 0.25) is 0 Å². The topological polar surface area (TPSA) is 24.5 Å². The first-order valence-corrected chi connectivity index (χ1v) is 6.62. The SMILES string of the molecule is CCC(CC)NCCN(CCOC)C(C)C. The number of hydrogen-bond donors (Lipinski definition) is 1. The van der Waals surface area contributed by atoms with E-state index in [1.54, 1.807) is 7.11 Å². The molecule has 0 bridgehead atoms. The summed E-state index contributed by atoms with van der Waals surface area (Å²) in [5, 5.41) is 3.60. The molecule has 16 heavy (non-hydrogen) atoms. The van der Waals surface area contributed by atoms with Gasteiger partial charge in [-0.2, -0.15) is 0 Å². The first-order valence-electron chi connectivity index (χ1n) is 6.62. The van der Waals surface area contributed by atoms with Crippen LogP contribution in [0, 0.1) is 0 Å².